The second-order valence-electron chi connectivity index (χ2n) is 6.96. The highest BCUT2D eigenvalue weighted by atomic mass is 19.1. The fourth-order valence-corrected chi connectivity index (χ4v) is 3.48. The average molecular weight is 370 g/mol. The third-order valence-corrected chi connectivity index (χ3v) is 5.00. The molecule has 1 saturated heterocycles. The normalized spacial score (nSPS) is 15.3. The molecular weight excluding hydrogens is 350 g/mol. The van der Waals surface area contributed by atoms with Gasteiger partial charge in [-0.15, -0.1) is 0 Å². The zero-order chi connectivity index (χ0) is 19.0. The van der Waals surface area contributed by atoms with E-state index in [4.69, 9.17) is 0 Å². The molecule has 27 heavy (non-hydrogen) atoms. The molecule has 0 radical (unpaired) electrons. The van der Waals surface area contributed by atoms with Crippen molar-refractivity contribution in [1.82, 2.24) is 14.9 Å². The van der Waals surface area contributed by atoms with Gasteiger partial charge in [0.2, 0.25) is 0 Å². The summed E-state index contributed by atoms with van der Waals surface area (Å²) in [5.74, 6) is -0.257. The van der Waals surface area contributed by atoms with E-state index >= 15 is 0 Å². The van der Waals surface area contributed by atoms with E-state index in [0.717, 1.165) is 41.8 Å². The molecule has 0 aliphatic carbocycles. The Kier molecular flexibility index (Phi) is 4.51. The fourth-order valence-electron chi connectivity index (χ4n) is 3.48. The van der Waals surface area contributed by atoms with Gasteiger partial charge in [0, 0.05) is 25.1 Å². The lowest BCUT2D eigenvalue weighted by atomic mass is 9.96. The molecule has 140 valence electrons. The molecule has 2 N–H and O–H groups in total. The number of amides is 2. The number of halogens is 2. The number of carbonyl (C=O) groups is 1. The SMILES string of the molecule is Cc1ccc2nc(C3CCN(C(=O)Nc4ccc(F)cc4F)CC3)[nH]c2c1. The fraction of sp³-hybridized carbons (Fsp3) is 0.300. The van der Waals surface area contributed by atoms with Crippen LogP contribution >= 0.6 is 0 Å². The van der Waals surface area contributed by atoms with E-state index in [1.807, 2.05) is 19.1 Å². The molecule has 3 aromatic rings. The molecule has 0 atom stereocenters. The number of benzene rings is 2. The number of aryl methyl sites for hydroxylation is 1. The van der Waals surface area contributed by atoms with Crippen LogP contribution in [-0.2, 0) is 0 Å². The van der Waals surface area contributed by atoms with Gasteiger partial charge in [-0.3, -0.25) is 0 Å². The lowest BCUT2D eigenvalue weighted by Crippen LogP contribution is -2.40. The molecule has 5 nitrogen and oxygen atoms in total. The number of aromatic nitrogens is 2. The number of hydrogen-bond donors (Lipinski definition) is 2. The summed E-state index contributed by atoms with van der Waals surface area (Å²) in [5, 5.41) is 2.51. The van der Waals surface area contributed by atoms with Gasteiger partial charge in [-0.1, -0.05) is 6.07 Å². The first-order valence-corrected chi connectivity index (χ1v) is 8.97. The number of anilines is 1. The van der Waals surface area contributed by atoms with Crippen LogP contribution in [0.5, 0.6) is 0 Å². The molecule has 1 aliphatic heterocycles. The van der Waals surface area contributed by atoms with Crippen LogP contribution in [0.1, 0.15) is 30.1 Å². The van der Waals surface area contributed by atoms with E-state index in [2.05, 4.69) is 21.4 Å². The van der Waals surface area contributed by atoms with E-state index in [0.29, 0.717) is 13.1 Å². The van der Waals surface area contributed by atoms with Crippen LogP contribution in [0.15, 0.2) is 36.4 Å². The average Bonchev–Trinajstić information content (AvgIpc) is 3.07. The Morgan fingerprint density at radius 2 is 1.96 bits per heavy atom. The maximum absolute atomic E-state index is 13.7. The van der Waals surface area contributed by atoms with Crippen molar-refractivity contribution in [3.8, 4) is 0 Å². The third kappa shape index (κ3) is 3.63. The molecule has 4 rings (SSSR count). The molecule has 0 spiro atoms. The molecule has 0 saturated carbocycles. The molecule has 2 aromatic carbocycles. The zero-order valence-corrected chi connectivity index (χ0v) is 14.9. The van der Waals surface area contributed by atoms with Gasteiger partial charge in [-0.05, 0) is 49.6 Å². The van der Waals surface area contributed by atoms with E-state index in [1.54, 1.807) is 4.90 Å². The maximum Gasteiger partial charge on any atom is 0.321 e. The standard InChI is InChI=1S/C20H20F2N4O/c1-12-2-4-17-18(10-12)24-19(23-17)13-6-8-26(9-7-13)20(27)25-16-5-3-14(21)11-15(16)22/h2-5,10-11,13H,6-9H2,1H3,(H,23,24)(H,25,27). The molecule has 0 bridgehead atoms. The summed E-state index contributed by atoms with van der Waals surface area (Å²) in [7, 11) is 0. The van der Waals surface area contributed by atoms with E-state index < -0.39 is 11.6 Å². The van der Waals surface area contributed by atoms with Gasteiger partial charge in [0.15, 0.2) is 0 Å². The topological polar surface area (TPSA) is 61.0 Å². The van der Waals surface area contributed by atoms with Crippen molar-refractivity contribution in [2.45, 2.75) is 25.7 Å². The lowest BCUT2D eigenvalue weighted by Gasteiger charge is -2.31. The van der Waals surface area contributed by atoms with E-state index in [-0.39, 0.29) is 17.6 Å². The van der Waals surface area contributed by atoms with Crippen molar-refractivity contribution in [3.05, 3.63) is 59.4 Å². The van der Waals surface area contributed by atoms with Gasteiger partial charge in [-0.2, -0.15) is 0 Å². The summed E-state index contributed by atoms with van der Waals surface area (Å²) < 4.78 is 26.7. The number of piperidine rings is 1. The predicted octanol–water partition coefficient (Wildman–Crippen LogP) is 4.56. The second kappa shape index (κ2) is 6.98. The Hall–Kier alpha value is -2.96. The Labute approximate surface area is 155 Å². The summed E-state index contributed by atoms with van der Waals surface area (Å²) in [5.41, 5.74) is 3.13. The number of fused-ring (bicyclic) bond motifs is 1. The van der Waals surface area contributed by atoms with Gasteiger partial charge in [0.25, 0.3) is 0 Å². The molecule has 0 unspecified atom stereocenters. The molecule has 2 heterocycles. The second-order valence-corrected chi connectivity index (χ2v) is 6.96. The number of imidazole rings is 1. The van der Waals surface area contributed by atoms with Crippen LogP contribution in [0.2, 0.25) is 0 Å². The van der Waals surface area contributed by atoms with E-state index in [1.165, 1.54) is 11.6 Å². The maximum atomic E-state index is 13.7. The van der Waals surface area contributed by atoms with Crippen LogP contribution in [0.3, 0.4) is 0 Å². The first kappa shape index (κ1) is 17.5. The van der Waals surface area contributed by atoms with Gasteiger partial charge in [-0.25, -0.2) is 18.6 Å². The minimum Gasteiger partial charge on any atom is -0.342 e. The minimum atomic E-state index is -0.782. The molecule has 7 heteroatoms. The summed E-state index contributed by atoms with van der Waals surface area (Å²) in [4.78, 5) is 22.1. The quantitative estimate of drug-likeness (QED) is 0.695. The monoisotopic (exact) mass is 370 g/mol. The highest BCUT2D eigenvalue weighted by Crippen LogP contribution is 2.28. The molecule has 2 amide bonds. The molecular formula is C20H20F2N4O. The molecule has 1 aliphatic rings. The third-order valence-electron chi connectivity index (χ3n) is 5.00. The van der Waals surface area contributed by atoms with Crippen LogP contribution in [0.25, 0.3) is 11.0 Å². The summed E-state index contributed by atoms with van der Waals surface area (Å²) in [6.07, 6.45) is 1.55. The number of urea groups is 1. The molecule has 1 aromatic heterocycles. The minimum absolute atomic E-state index is 0.0174. The largest absolute Gasteiger partial charge is 0.342 e. The van der Waals surface area contributed by atoms with Crippen molar-refractivity contribution in [2.24, 2.45) is 0 Å². The number of rotatable bonds is 2. The van der Waals surface area contributed by atoms with Crippen molar-refractivity contribution in [2.75, 3.05) is 18.4 Å². The number of carbonyl (C=O) groups excluding carboxylic acids is 1. The lowest BCUT2D eigenvalue weighted by molar-refractivity contribution is 0.193. The first-order valence-electron chi connectivity index (χ1n) is 8.97. The van der Waals surface area contributed by atoms with Gasteiger partial charge in [0.1, 0.15) is 17.5 Å². The smallest absolute Gasteiger partial charge is 0.321 e. The van der Waals surface area contributed by atoms with Gasteiger partial charge in [0.05, 0.1) is 16.7 Å². The van der Waals surface area contributed by atoms with Crippen LogP contribution in [0.4, 0.5) is 19.3 Å². The number of likely N-dealkylation sites (tertiary alicyclic amines) is 1. The number of nitrogens with zero attached hydrogens (tertiary/aromatic N) is 2. The predicted molar refractivity (Wildman–Crippen MR) is 99.8 cm³/mol. The van der Waals surface area contributed by atoms with Crippen molar-refractivity contribution >= 4 is 22.8 Å². The molecule has 1 fully saturated rings. The highest BCUT2D eigenvalue weighted by Gasteiger charge is 2.26. The number of nitrogens with one attached hydrogen (secondary N) is 2. The number of aromatic amines is 1. The first-order chi connectivity index (χ1) is 13.0. The Bertz CT molecular complexity index is 993. The van der Waals surface area contributed by atoms with Crippen molar-refractivity contribution in [3.63, 3.8) is 0 Å². The summed E-state index contributed by atoms with van der Waals surface area (Å²) >= 11 is 0. The Morgan fingerprint density at radius 3 is 2.70 bits per heavy atom. The van der Waals surface area contributed by atoms with Crippen LogP contribution in [-0.4, -0.2) is 34.0 Å². The van der Waals surface area contributed by atoms with Crippen LogP contribution < -0.4 is 5.32 Å². The number of H-pyrrole nitrogens is 1. The van der Waals surface area contributed by atoms with Crippen LogP contribution in [0, 0.1) is 18.6 Å². The summed E-state index contributed by atoms with van der Waals surface area (Å²) in [6.45, 7) is 3.14. The highest BCUT2D eigenvalue weighted by molar-refractivity contribution is 5.89. The Morgan fingerprint density at radius 1 is 1.19 bits per heavy atom. The van der Waals surface area contributed by atoms with E-state index in [9.17, 15) is 13.6 Å². The summed E-state index contributed by atoms with van der Waals surface area (Å²) in [6, 6.07) is 8.84. The van der Waals surface area contributed by atoms with Gasteiger partial charge < -0.3 is 15.2 Å². The number of hydrogen-bond acceptors (Lipinski definition) is 2. The van der Waals surface area contributed by atoms with Crippen molar-refractivity contribution < 1.29 is 13.6 Å². The van der Waals surface area contributed by atoms with Gasteiger partial charge >= 0.3 is 6.03 Å². The van der Waals surface area contributed by atoms with Crippen molar-refractivity contribution in [1.29, 1.82) is 0 Å². The zero-order valence-electron chi connectivity index (χ0n) is 14.9. The Balaban J connectivity index is 1.39.